The fourth-order valence-electron chi connectivity index (χ4n) is 4.07. The summed E-state index contributed by atoms with van der Waals surface area (Å²) in [6, 6.07) is 20.9. The zero-order valence-electron chi connectivity index (χ0n) is 18.9. The van der Waals surface area contributed by atoms with Crippen LogP contribution in [-0.4, -0.2) is 53.0 Å². The van der Waals surface area contributed by atoms with Crippen molar-refractivity contribution in [3.8, 4) is 0 Å². The molecular weight excluding hydrogens is 433 g/mol. The standard InChI is InChI=1S/C27H28FN3O3/c28-25-3-1-2-22(16-25)17-29-26(32)23-8-4-20(5-9-23)18-30-12-14-31(15-13-30)19-21-6-10-24(11-7-21)27(33)34/h1-11,16H,12-15,17-19H2,(H,29,32)(H,33,34). The second-order valence-electron chi connectivity index (χ2n) is 8.56. The molecule has 0 aliphatic carbocycles. The Bertz CT molecular complexity index is 1120. The number of carbonyl (C=O) groups is 2. The maximum Gasteiger partial charge on any atom is 0.335 e. The Morgan fingerprint density at radius 2 is 1.29 bits per heavy atom. The van der Waals surface area contributed by atoms with Crippen molar-refractivity contribution >= 4 is 11.9 Å². The monoisotopic (exact) mass is 461 g/mol. The summed E-state index contributed by atoms with van der Waals surface area (Å²) >= 11 is 0. The van der Waals surface area contributed by atoms with Gasteiger partial charge in [0.2, 0.25) is 0 Å². The molecule has 7 heteroatoms. The van der Waals surface area contributed by atoms with E-state index in [-0.39, 0.29) is 18.3 Å². The first-order valence-electron chi connectivity index (χ1n) is 11.3. The van der Waals surface area contributed by atoms with Crippen molar-refractivity contribution in [3.63, 3.8) is 0 Å². The second kappa shape index (κ2) is 11.0. The Hall–Kier alpha value is -3.55. The van der Waals surface area contributed by atoms with Crippen molar-refractivity contribution in [2.75, 3.05) is 26.2 Å². The lowest BCUT2D eigenvalue weighted by Crippen LogP contribution is -2.45. The molecule has 1 amide bonds. The molecule has 0 atom stereocenters. The molecule has 2 N–H and O–H groups in total. The molecule has 176 valence electrons. The van der Waals surface area contributed by atoms with Gasteiger partial charge in [-0.1, -0.05) is 36.4 Å². The first kappa shape index (κ1) is 23.6. The van der Waals surface area contributed by atoms with E-state index in [2.05, 4.69) is 15.1 Å². The zero-order valence-corrected chi connectivity index (χ0v) is 18.9. The van der Waals surface area contributed by atoms with E-state index < -0.39 is 5.97 Å². The highest BCUT2D eigenvalue weighted by molar-refractivity contribution is 5.94. The van der Waals surface area contributed by atoms with E-state index in [9.17, 15) is 14.0 Å². The van der Waals surface area contributed by atoms with E-state index >= 15 is 0 Å². The van der Waals surface area contributed by atoms with E-state index in [0.717, 1.165) is 56.0 Å². The second-order valence-corrected chi connectivity index (χ2v) is 8.56. The van der Waals surface area contributed by atoms with E-state index in [1.165, 1.54) is 12.1 Å². The van der Waals surface area contributed by atoms with Crippen LogP contribution in [0.2, 0.25) is 0 Å². The highest BCUT2D eigenvalue weighted by Gasteiger charge is 2.17. The van der Waals surface area contributed by atoms with Crippen LogP contribution in [0.4, 0.5) is 4.39 Å². The molecule has 6 nitrogen and oxygen atoms in total. The Morgan fingerprint density at radius 3 is 1.79 bits per heavy atom. The van der Waals surface area contributed by atoms with Crippen molar-refractivity contribution in [2.45, 2.75) is 19.6 Å². The zero-order chi connectivity index (χ0) is 23.9. The molecule has 0 spiro atoms. The van der Waals surface area contributed by atoms with Crippen LogP contribution in [0.3, 0.4) is 0 Å². The number of benzene rings is 3. The van der Waals surface area contributed by atoms with E-state index in [1.54, 1.807) is 24.3 Å². The molecule has 0 bridgehead atoms. The molecular formula is C27H28FN3O3. The van der Waals surface area contributed by atoms with Crippen molar-refractivity contribution in [1.82, 2.24) is 15.1 Å². The fraction of sp³-hybridized carbons (Fsp3) is 0.259. The summed E-state index contributed by atoms with van der Waals surface area (Å²) in [4.78, 5) is 28.1. The summed E-state index contributed by atoms with van der Waals surface area (Å²) < 4.78 is 13.3. The first-order valence-corrected chi connectivity index (χ1v) is 11.3. The number of amides is 1. The minimum atomic E-state index is -0.905. The topological polar surface area (TPSA) is 72.9 Å². The lowest BCUT2D eigenvalue weighted by atomic mass is 10.1. The van der Waals surface area contributed by atoms with Gasteiger partial charge < -0.3 is 10.4 Å². The fourth-order valence-corrected chi connectivity index (χ4v) is 4.07. The number of carboxylic acid groups (broad SMARTS) is 1. The third kappa shape index (κ3) is 6.50. The van der Waals surface area contributed by atoms with Crippen molar-refractivity contribution < 1.29 is 19.1 Å². The number of hydrogen-bond acceptors (Lipinski definition) is 4. The maximum atomic E-state index is 13.3. The molecule has 3 aromatic rings. The van der Waals surface area contributed by atoms with Gasteiger partial charge >= 0.3 is 5.97 Å². The van der Waals surface area contributed by atoms with E-state index in [1.807, 2.05) is 36.4 Å². The molecule has 1 aliphatic rings. The SMILES string of the molecule is O=C(O)c1ccc(CN2CCN(Cc3ccc(C(=O)NCc4cccc(F)c4)cc3)CC2)cc1. The van der Waals surface area contributed by atoms with Crippen LogP contribution < -0.4 is 5.32 Å². The molecule has 1 fully saturated rings. The predicted octanol–water partition coefficient (Wildman–Crippen LogP) is 3.77. The lowest BCUT2D eigenvalue weighted by Gasteiger charge is -2.34. The van der Waals surface area contributed by atoms with Gasteiger partial charge in [0.05, 0.1) is 5.56 Å². The highest BCUT2D eigenvalue weighted by atomic mass is 19.1. The molecule has 0 saturated carbocycles. The summed E-state index contributed by atoms with van der Waals surface area (Å²) in [7, 11) is 0. The Labute approximate surface area is 198 Å². The number of halogens is 1. The first-order chi connectivity index (χ1) is 16.5. The van der Waals surface area contributed by atoms with Gasteiger partial charge in [0, 0.05) is 51.4 Å². The molecule has 0 unspecified atom stereocenters. The van der Waals surface area contributed by atoms with Gasteiger partial charge in [-0.25, -0.2) is 9.18 Å². The number of rotatable bonds is 8. The largest absolute Gasteiger partial charge is 0.478 e. The van der Waals surface area contributed by atoms with Gasteiger partial charge in [-0.2, -0.15) is 0 Å². The molecule has 3 aromatic carbocycles. The van der Waals surface area contributed by atoms with Crippen LogP contribution in [0.5, 0.6) is 0 Å². The third-order valence-corrected chi connectivity index (χ3v) is 6.04. The maximum absolute atomic E-state index is 13.3. The average Bonchev–Trinajstić information content (AvgIpc) is 2.85. The Kier molecular flexibility index (Phi) is 7.67. The number of aromatic carboxylic acids is 1. The minimum Gasteiger partial charge on any atom is -0.478 e. The Balaban J connectivity index is 1.21. The van der Waals surface area contributed by atoms with Crippen LogP contribution in [-0.2, 0) is 19.6 Å². The van der Waals surface area contributed by atoms with Crippen molar-refractivity contribution in [2.24, 2.45) is 0 Å². The molecule has 4 rings (SSSR count). The summed E-state index contributed by atoms with van der Waals surface area (Å²) in [6.07, 6.45) is 0. The van der Waals surface area contributed by atoms with E-state index in [0.29, 0.717) is 11.1 Å². The molecule has 1 heterocycles. The van der Waals surface area contributed by atoms with Crippen LogP contribution in [0.15, 0.2) is 72.8 Å². The van der Waals surface area contributed by atoms with Crippen LogP contribution in [0.25, 0.3) is 0 Å². The quantitative estimate of drug-likeness (QED) is 0.534. The summed E-state index contributed by atoms with van der Waals surface area (Å²) in [5, 5.41) is 11.8. The highest BCUT2D eigenvalue weighted by Crippen LogP contribution is 2.14. The average molecular weight is 462 g/mol. The smallest absolute Gasteiger partial charge is 0.335 e. The number of carboxylic acids is 1. The summed E-state index contributed by atoms with van der Waals surface area (Å²) in [5.41, 5.74) is 3.88. The predicted molar refractivity (Wildman–Crippen MR) is 128 cm³/mol. The molecule has 1 saturated heterocycles. The van der Waals surface area contributed by atoms with Gasteiger partial charge in [0.1, 0.15) is 5.82 Å². The minimum absolute atomic E-state index is 0.180. The van der Waals surface area contributed by atoms with Crippen LogP contribution >= 0.6 is 0 Å². The van der Waals surface area contributed by atoms with Gasteiger partial charge in [0.15, 0.2) is 0 Å². The van der Waals surface area contributed by atoms with Crippen LogP contribution in [0, 0.1) is 5.82 Å². The lowest BCUT2D eigenvalue weighted by molar-refractivity contribution is 0.0696. The van der Waals surface area contributed by atoms with E-state index in [4.69, 9.17) is 5.11 Å². The van der Waals surface area contributed by atoms with Gasteiger partial charge in [-0.05, 0) is 53.1 Å². The van der Waals surface area contributed by atoms with Gasteiger partial charge in [-0.15, -0.1) is 0 Å². The normalized spacial score (nSPS) is 14.6. The van der Waals surface area contributed by atoms with Crippen LogP contribution in [0.1, 0.15) is 37.4 Å². The summed E-state index contributed by atoms with van der Waals surface area (Å²) in [6.45, 7) is 5.71. The number of piperazine rings is 1. The number of nitrogens with one attached hydrogen (secondary N) is 1. The number of carbonyl (C=O) groups excluding carboxylic acids is 1. The number of hydrogen-bond donors (Lipinski definition) is 2. The molecule has 0 radical (unpaired) electrons. The molecule has 34 heavy (non-hydrogen) atoms. The number of nitrogens with zero attached hydrogens (tertiary/aromatic N) is 2. The van der Waals surface area contributed by atoms with Gasteiger partial charge in [0.25, 0.3) is 5.91 Å². The molecule has 1 aliphatic heterocycles. The molecule has 0 aromatic heterocycles. The summed E-state index contributed by atoms with van der Waals surface area (Å²) in [5.74, 6) is -1.40. The van der Waals surface area contributed by atoms with Crippen molar-refractivity contribution in [3.05, 3.63) is 106 Å². The third-order valence-electron chi connectivity index (χ3n) is 6.04. The van der Waals surface area contributed by atoms with Gasteiger partial charge in [-0.3, -0.25) is 14.6 Å². The van der Waals surface area contributed by atoms with Crippen molar-refractivity contribution in [1.29, 1.82) is 0 Å². The Morgan fingerprint density at radius 1 is 0.765 bits per heavy atom.